The maximum absolute atomic E-state index is 11.6. The van der Waals surface area contributed by atoms with Crippen molar-refractivity contribution >= 4 is 30.1 Å². The van der Waals surface area contributed by atoms with Crippen LogP contribution >= 0.6 is 24.2 Å². The average Bonchev–Trinajstić information content (AvgIpc) is 2.98. The normalized spacial score (nSPS) is 17.2. The Bertz CT molecular complexity index is 400. The third kappa shape index (κ3) is 7.71. The fourth-order valence-electron chi connectivity index (χ4n) is 2.09. The molecule has 1 heterocycles. The third-order valence-electron chi connectivity index (χ3n) is 3.12. The highest BCUT2D eigenvalue weighted by atomic mass is 35.5. The van der Waals surface area contributed by atoms with Gasteiger partial charge in [-0.1, -0.05) is 18.2 Å². The van der Waals surface area contributed by atoms with Crippen LogP contribution < -0.4 is 10.6 Å². The monoisotopic (exact) mass is 330 g/mol. The second-order valence-corrected chi connectivity index (χ2v) is 5.95. The number of rotatable bonds is 8. The molecule has 2 rings (SSSR count). The first kappa shape index (κ1) is 18.3. The van der Waals surface area contributed by atoms with E-state index in [0.29, 0.717) is 13.1 Å². The average molecular weight is 331 g/mol. The van der Waals surface area contributed by atoms with Gasteiger partial charge in [-0.2, -0.15) is 0 Å². The number of nitrogens with one attached hydrogen (secondary N) is 2. The second-order valence-electron chi connectivity index (χ2n) is 4.78. The van der Waals surface area contributed by atoms with Gasteiger partial charge in [0, 0.05) is 30.3 Å². The van der Waals surface area contributed by atoms with Crippen molar-refractivity contribution in [2.75, 3.05) is 32.0 Å². The first-order valence-electron chi connectivity index (χ1n) is 7.11. The van der Waals surface area contributed by atoms with Crippen molar-refractivity contribution in [1.29, 1.82) is 0 Å². The summed E-state index contributed by atoms with van der Waals surface area (Å²) in [4.78, 5) is 12.8. The molecule has 1 unspecified atom stereocenters. The summed E-state index contributed by atoms with van der Waals surface area (Å²) >= 11 is 1.75. The smallest absolute Gasteiger partial charge is 0.233 e. The molecular formula is C15H23ClN2O2S. The first-order chi connectivity index (χ1) is 9.84. The van der Waals surface area contributed by atoms with Crippen LogP contribution in [0.1, 0.15) is 12.8 Å². The van der Waals surface area contributed by atoms with E-state index >= 15 is 0 Å². The van der Waals surface area contributed by atoms with E-state index in [-0.39, 0.29) is 24.4 Å². The van der Waals surface area contributed by atoms with Crippen molar-refractivity contribution in [2.45, 2.75) is 23.8 Å². The number of hydrogen-bond acceptors (Lipinski definition) is 4. The maximum Gasteiger partial charge on any atom is 0.233 e. The lowest BCUT2D eigenvalue weighted by molar-refractivity contribution is -0.120. The summed E-state index contributed by atoms with van der Waals surface area (Å²) in [6, 6.07) is 10.2. The van der Waals surface area contributed by atoms with E-state index < -0.39 is 0 Å². The Hall–Kier alpha value is -0.750. The number of carbonyl (C=O) groups excluding carboxylic acids is 1. The molecule has 0 aliphatic carbocycles. The van der Waals surface area contributed by atoms with Crippen LogP contribution in [-0.4, -0.2) is 44.0 Å². The Morgan fingerprint density at radius 2 is 2.14 bits per heavy atom. The minimum absolute atomic E-state index is 0. The lowest BCUT2D eigenvalue weighted by Gasteiger charge is -2.10. The van der Waals surface area contributed by atoms with Gasteiger partial charge in [0.1, 0.15) is 0 Å². The van der Waals surface area contributed by atoms with Crippen LogP contribution in [0.3, 0.4) is 0 Å². The Morgan fingerprint density at radius 1 is 1.33 bits per heavy atom. The lowest BCUT2D eigenvalue weighted by Crippen LogP contribution is -2.37. The molecule has 4 nitrogen and oxygen atoms in total. The summed E-state index contributed by atoms with van der Waals surface area (Å²) < 4.78 is 5.48. The van der Waals surface area contributed by atoms with Crippen molar-refractivity contribution in [1.82, 2.24) is 10.6 Å². The van der Waals surface area contributed by atoms with Gasteiger partial charge in [-0.25, -0.2) is 0 Å². The SMILES string of the molecule is Cl.O=C(CNCC1CCCO1)NCCSc1ccccc1. The molecule has 0 spiro atoms. The molecule has 0 saturated carbocycles. The van der Waals surface area contributed by atoms with Gasteiger partial charge in [-0.3, -0.25) is 4.79 Å². The molecule has 1 aromatic rings. The molecule has 0 aromatic heterocycles. The number of thioether (sulfide) groups is 1. The lowest BCUT2D eigenvalue weighted by atomic mass is 10.2. The number of halogens is 1. The molecule has 1 aliphatic rings. The zero-order valence-electron chi connectivity index (χ0n) is 12.0. The summed E-state index contributed by atoms with van der Waals surface area (Å²) in [5.74, 6) is 0.943. The zero-order valence-corrected chi connectivity index (χ0v) is 13.7. The van der Waals surface area contributed by atoms with Crippen molar-refractivity contribution in [3.05, 3.63) is 30.3 Å². The molecule has 1 fully saturated rings. The Labute approximate surface area is 136 Å². The van der Waals surface area contributed by atoms with Gasteiger partial charge in [-0.05, 0) is 25.0 Å². The van der Waals surface area contributed by atoms with Gasteiger partial charge in [0.2, 0.25) is 5.91 Å². The largest absolute Gasteiger partial charge is 0.377 e. The van der Waals surface area contributed by atoms with E-state index in [4.69, 9.17) is 4.74 Å². The van der Waals surface area contributed by atoms with E-state index in [1.807, 2.05) is 18.2 Å². The predicted molar refractivity (Wildman–Crippen MR) is 89.3 cm³/mol. The fourth-order valence-corrected chi connectivity index (χ4v) is 2.88. The highest BCUT2D eigenvalue weighted by Crippen LogP contribution is 2.15. The van der Waals surface area contributed by atoms with Crippen LogP contribution in [0.25, 0.3) is 0 Å². The summed E-state index contributed by atoms with van der Waals surface area (Å²) in [7, 11) is 0. The van der Waals surface area contributed by atoms with Crippen molar-refractivity contribution in [2.24, 2.45) is 0 Å². The van der Waals surface area contributed by atoms with Gasteiger partial charge in [-0.15, -0.1) is 24.2 Å². The highest BCUT2D eigenvalue weighted by Gasteiger charge is 2.14. The number of benzene rings is 1. The van der Waals surface area contributed by atoms with Gasteiger partial charge in [0.15, 0.2) is 0 Å². The molecule has 1 amide bonds. The molecule has 118 valence electrons. The third-order valence-corrected chi connectivity index (χ3v) is 4.13. The number of amides is 1. The Balaban J connectivity index is 0.00000220. The molecule has 1 atom stereocenters. The van der Waals surface area contributed by atoms with Gasteiger partial charge < -0.3 is 15.4 Å². The number of hydrogen-bond donors (Lipinski definition) is 2. The molecule has 2 N–H and O–H groups in total. The van der Waals surface area contributed by atoms with Crippen LogP contribution in [0.15, 0.2) is 35.2 Å². The number of carbonyl (C=O) groups is 1. The van der Waals surface area contributed by atoms with E-state index in [1.165, 1.54) is 4.90 Å². The van der Waals surface area contributed by atoms with Gasteiger partial charge >= 0.3 is 0 Å². The quantitative estimate of drug-likeness (QED) is 0.566. The highest BCUT2D eigenvalue weighted by molar-refractivity contribution is 7.99. The van der Waals surface area contributed by atoms with Crippen LogP contribution in [0, 0.1) is 0 Å². The van der Waals surface area contributed by atoms with Crippen molar-refractivity contribution in [3.8, 4) is 0 Å². The maximum atomic E-state index is 11.6. The molecule has 0 radical (unpaired) electrons. The summed E-state index contributed by atoms with van der Waals surface area (Å²) in [6.45, 7) is 2.69. The van der Waals surface area contributed by atoms with E-state index in [1.54, 1.807) is 11.8 Å². The van der Waals surface area contributed by atoms with Crippen LogP contribution in [-0.2, 0) is 9.53 Å². The first-order valence-corrected chi connectivity index (χ1v) is 8.10. The fraction of sp³-hybridized carbons (Fsp3) is 0.533. The standard InChI is InChI=1S/C15H22N2O2S.ClH/c18-15(12-16-11-13-5-4-9-19-13)17-8-10-20-14-6-2-1-3-7-14;/h1-3,6-7,13,16H,4-5,8-12H2,(H,17,18);1H. The minimum atomic E-state index is 0. The zero-order chi connectivity index (χ0) is 14.0. The predicted octanol–water partition coefficient (Wildman–Crippen LogP) is 2.09. The van der Waals surface area contributed by atoms with Gasteiger partial charge in [0.25, 0.3) is 0 Å². The number of ether oxygens (including phenoxy) is 1. The molecule has 21 heavy (non-hydrogen) atoms. The molecule has 1 aromatic carbocycles. The second kappa shape index (κ2) is 10.9. The Morgan fingerprint density at radius 3 is 2.86 bits per heavy atom. The van der Waals surface area contributed by atoms with E-state index in [2.05, 4.69) is 22.8 Å². The molecule has 1 aliphatic heterocycles. The van der Waals surface area contributed by atoms with Gasteiger partial charge in [0.05, 0.1) is 12.6 Å². The molecular weight excluding hydrogens is 308 g/mol. The summed E-state index contributed by atoms with van der Waals surface area (Å²) in [5.41, 5.74) is 0. The van der Waals surface area contributed by atoms with E-state index in [9.17, 15) is 4.79 Å². The summed E-state index contributed by atoms with van der Waals surface area (Å²) in [5, 5.41) is 6.06. The van der Waals surface area contributed by atoms with Crippen molar-refractivity contribution < 1.29 is 9.53 Å². The van der Waals surface area contributed by atoms with Crippen molar-refractivity contribution in [3.63, 3.8) is 0 Å². The molecule has 6 heteroatoms. The summed E-state index contributed by atoms with van der Waals surface area (Å²) in [6.07, 6.45) is 2.52. The topological polar surface area (TPSA) is 50.4 Å². The van der Waals surface area contributed by atoms with Crippen LogP contribution in [0.2, 0.25) is 0 Å². The Kier molecular flexibility index (Phi) is 9.50. The molecule has 1 saturated heterocycles. The van der Waals surface area contributed by atoms with Crippen LogP contribution in [0.5, 0.6) is 0 Å². The van der Waals surface area contributed by atoms with Crippen LogP contribution in [0.4, 0.5) is 0 Å². The van der Waals surface area contributed by atoms with E-state index in [0.717, 1.165) is 31.7 Å². The molecule has 0 bridgehead atoms. The minimum Gasteiger partial charge on any atom is -0.377 e.